The predicted octanol–water partition coefficient (Wildman–Crippen LogP) is 5.91. The van der Waals surface area contributed by atoms with Gasteiger partial charge in [0.2, 0.25) is 0 Å². The van der Waals surface area contributed by atoms with Crippen molar-refractivity contribution in [3.8, 4) is 0 Å². The zero-order chi connectivity index (χ0) is 21.3. The first-order valence-corrected chi connectivity index (χ1v) is 12.8. The van der Waals surface area contributed by atoms with Crippen molar-refractivity contribution in [2.24, 2.45) is 0 Å². The predicted molar refractivity (Wildman–Crippen MR) is 132 cm³/mol. The number of benzene rings is 2. The third kappa shape index (κ3) is 2.82. The fraction of sp³-hybridized carbons (Fsp3) is 0.586. The van der Waals surface area contributed by atoms with E-state index in [0.717, 1.165) is 6.42 Å². The van der Waals surface area contributed by atoms with E-state index in [1.807, 2.05) is 0 Å². The Hall–Kier alpha value is -1.96. The number of hydrogen-bond donors (Lipinski definition) is 0. The molecule has 0 bridgehead atoms. The minimum absolute atomic E-state index is 1.13. The van der Waals surface area contributed by atoms with Crippen LogP contribution in [0, 0.1) is 27.7 Å². The monoisotopic (exact) mass is 414 g/mol. The van der Waals surface area contributed by atoms with E-state index in [-0.39, 0.29) is 0 Å². The molecule has 0 unspecified atom stereocenters. The standard InChI is InChI=1S/C29H38N2/c1-18-22-9-5-13-30-14-6-10-23(28(22)30)19(2)26(18)17-27-20(3)24-11-7-15-31-16-8-12-25(21(27)4)29(24)31/h5-17H2,1-4H3. The lowest BCUT2D eigenvalue weighted by atomic mass is 9.78. The molecule has 0 N–H and O–H groups in total. The molecule has 164 valence electrons. The average molecular weight is 415 g/mol. The summed E-state index contributed by atoms with van der Waals surface area (Å²) in [7, 11) is 0. The van der Waals surface area contributed by atoms with Crippen LogP contribution < -0.4 is 9.80 Å². The van der Waals surface area contributed by atoms with Gasteiger partial charge in [-0.15, -0.1) is 0 Å². The molecule has 2 heteroatoms. The Labute approximate surface area is 188 Å². The van der Waals surface area contributed by atoms with Crippen molar-refractivity contribution in [3.63, 3.8) is 0 Å². The fourth-order valence-electron chi connectivity index (χ4n) is 7.52. The summed E-state index contributed by atoms with van der Waals surface area (Å²) in [6.45, 7) is 14.8. The molecule has 0 aromatic heterocycles. The number of hydrogen-bond acceptors (Lipinski definition) is 2. The molecule has 2 aromatic rings. The molecule has 2 nitrogen and oxygen atoms in total. The highest BCUT2D eigenvalue weighted by Crippen LogP contribution is 2.44. The highest BCUT2D eigenvalue weighted by molar-refractivity contribution is 5.72. The van der Waals surface area contributed by atoms with E-state index in [2.05, 4.69) is 37.5 Å². The molecule has 2 aromatic carbocycles. The Morgan fingerprint density at radius 1 is 0.484 bits per heavy atom. The molecular weight excluding hydrogens is 376 g/mol. The second-order valence-corrected chi connectivity index (χ2v) is 10.6. The van der Waals surface area contributed by atoms with E-state index in [1.165, 1.54) is 77.5 Å². The Morgan fingerprint density at radius 3 is 1.06 bits per heavy atom. The van der Waals surface area contributed by atoms with Gasteiger partial charge in [0, 0.05) is 37.6 Å². The van der Waals surface area contributed by atoms with Gasteiger partial charge in [0.1, 0.15) is 0 Å². The summed E-state index contributed by atoms with van der Waals surface area (Å²) < 4.78 is 0. The Bertz CT molecular complexity index is 918. The van der Waals surface area contributed by atoms with Crippen molar-refractivity contribution in [3.05, 3.63) is 55.6 Å². The third-order valence-corrected chi connectivity index (χ3v) is 9.17. The second kappa shape index (κ2) is 7.29. The molecule has 0 amide bonds. The first kappa shape index (κ1) is 19.7. The van der Waals surface area contributed by atoms with E-state index in [9.17, 15) is 0 Å². The van der Waals surface area contributed by atoms with Crippen LogP contribution in [-0.4, -0.2) is 26.2 Å². The van der Waals surface area contributed by atoms with E-state index in [0.29, 0.717) is 0 Å². The molecule has 4 heterocycles. The summed E-state index contributed by atoms with van der Waals surface area (Å²) in [5.74, 6) is 0. The first-order valence-electron chi connectivity index (χ1n) is 12.8. The Balaban J connectivity index is 1.52. The largest absolute Gasteiger partial charge is 0.371 e. The number of anilines is 2. The molecule has 4 aliphatic heterocycles. The van der Waals surface area contributed by atoms with Crippen LogP contribution in [0.15, 0.2) is 0 Å². The van der Waals surface area contributed by atoms with Gasteiger partial charge >= 0.3 is 0 Å². The topological polar surface area (TPSA) is 6.48 Å². The summed E-state index contributed by atoms with van der Waals surface area (Å²) >= 11 is 0. The van der Waals surface area contributed by atoms with Crippen LogP contribution >= 0.6 is 0 Å². The Morgan fingerprint density at radius 2 is 0.774 bits per heavy atom. The highest BCUT2D eigenvalue weighted by atomic mass is 15.1. The van der Waals surface area contributed by atoms with Crippen molar-refractivity contribution in [2.45, 2.75) is 85.5 Å². The normalized spacial score (nSPS) is 19.4. The van der Waals surface area contributed by atoms with Crippen molar-refractivity contribution < 1.29 is 0 Å². The molecule has 0 fully saturated rings. The SMILES string of the molecule is Cc1c(Cc2c(C)c3c4c(c2C)CCCN4CCC3)c(C)c2c3c1CCCN3CCC2. The van der Waals surface area contributed by atoms with Gasteiger partial charge in [0.15, 0.2) is 0 Å². The number of rotatable bonds is 2. The van der Waals surface area contributed by atoms with Gasteiger partial charge in [-0.2, -0.15) is 0 Å². The van der Waals surface area contributed by atoms with Crippen LogP contribution in [0.2, 0.25) is 0 Å². The van der Waals surface area contributed by atoms with Gasteiger partial charge in [-0.3, -0.25) is 0 Å². The zero-order valence-electron chi connectivity index (χ0n) is 20.1. The van der Waals surface area contributed by atoms with Crippen LogP contribution in [0.3, 0.4) is 0 Å². The lowest BCUT2D eigenvalue weighted by Crippen LogP contribution is -2.36. The average Bonchev–Trinajstić information content (AvgIpc) is 2.80. The van der Waals surface area contributed by atoms with Crippen LogP contribution in [0.5, 0.6) is 0 Å². The summed E-state index contributed by atoms with van der Waals surface area (Å²) in [6.07, 6.45) is 11.6. The van der Waals surface area contributed by atoms with Crippen molar-refractivity contribution in [1.29, 1.82) is 0 Å². The van der Waals surface area contributed by atoms with Gasteiger partial charge in [-0.1, -0.05) is 0 Å². The molecule has 6 rings (SSSR count). The van der Waals surface area contributed by atoms with Crippen LogP contribution in [-0.2, 0) is 32.1 Å². The smallest absolute Gasteiger partial charge is 0.0436 e. The molecule has 0 radical (unpaired) electrons. The minimum atomic E-state index is 1.13. The maximum atomic E-state index is 2.70. The summed E-state index contributed by atoms with van der Waals surface area (Å²) in [4.78, 5) is 5.41. The van der Waals surface area contributed by atoms with Crippen molar-refractivity contribution in [2.75, 3.05) is 36.0 Å². The van der Waals surface area contributed by atoms with Gasteiger partial charge in [-0.05, 0) is 141 Å². The zero-order valence-corrected chi connectivity index (χ0v) is 20.1. The molecule has 0 aliphatic carbocycles. The maximum absolute atomic E-state index is 2.70. The molecule has 0 saturated carbocycles. The third-order valence-electron chi connectivity index (χ3n) is 9.17. The van der Waals surface area contributed by atoms with Crippen molar-refractivity contribution in [1.82, 2.24) is 0 Å². The molecule has 4 aliphatic rings. The number of nitrogens with zero attached hydrogens (tertiary/aromatic N) is 2. The summed E-state index contributed by atoms with van der Waals surface area (Å²) in [6, 6.07) is 0. The summed E-state index contributed by atoms with van der Waals surface area (Å²) in [5.41, 5.74) is 19.7. The lowest BCUT2D eigenvalue weighted by Gasteiger charge is -2.40. The molecular formula is C29H38N2. The molecule has 0 spiro atoms. The highest BCUT2D eigenvalue weighted by Gasteiger charge is 2.31. The van der Waals surface area contributed by atoms with Gasteiger partial charge in [0.05, 0.1) is 0 Å². The van der Waals surface area contributed by atoms with Crippen LogP contribution in [0.4, 0.5) is 11.4 Å². The van der Waals surface area contributed by atoms with Crippen LogP contribution in [0.25, 0.3) is 0 Å². The van der Waals surface area contributed by atoms with Crippen LogP contribution in [0.1, 0.15) is 81.3 Å². The van der Waals surface area contributed by atoms with E-state index in [1.54, 1.807) is 67.0 Å². The molecule has 0 atom stereocenters. The lowest BCUT2D eigenvalue weighted by molar-refractivity contribution is 0.626. The van der Waals surface area contributed by atoms with Gasteiger partial charge < -0.3 is 9.80 Å². The first-order chi connectivity index (χ1) is 15.1. The van der Waals surface area contributed by atoms with Crippen molar-refractivity contribution >= 4 is 11.4 Å². The maximum Gasteiger partial charge on any atom is 0.0436 e. The second-order valence-electron chi connectivity index (χ2n) is 10.6. The Kier molecular flexibility index (Phi) is 4.63. The van der Waals surface area contributed by atoms with E-state index in [4.69, 9.17) is 0 Å². The van der Waals surface area contributed by atoms with E-state index < -0.39 is 0 Å². The van der Waals surface area contributed by atoms with Gasteiger partial charge in [0.25, 0.3) is 0 Å². The van der Waals surface area contributed by atoms with Gasteiger partial charge in [-0.25, -0.2) is 0 Å². The summed E-state index contributed by atoms with van der Waals surface area (Å²) in [5, 5.41) is 0. The quantitative estimate of drug-likeness (QED) is 0.603. The molecule has 31 heavy (non-hydrogen) atoms. The fourth-order valence-corrected chi connectivity index (χ4v) is 7.52. The van der Waals surface area contributed by atoms with E-state index >= 15 is 0 Å². The minimum Gasteiger partial charge on any atom is -0.371 e. The molecule has 0 saturated heterocycles.